The first-order valence-corrected chi connectivity index (χ1v) is 20.3. The third-order valence-electron chi connectivity index (χ3n) is 12.5. The van der Waals surface area contributed by atoms with Crippen molar-refractivity contribution in [2.45, 2.75) is 5.41 Å². The maximum atomic E-state index is 6.63. The smallest absolute Gasteiger partial charge is 0.136 e. The van der Waals surface area contributed by atoms with Crippen LogP contribution in [0.4, 0.5) is 17.1 Å². The molecule has 276 valence electrons. The van der Waals surface area contributed by atoms with Crippen molar-refractivity contribution in [2.24, 2.45) is 0 Å². The summed E-state index contributed by atoms with van der Waals surface area (Å²) in [7, 11) is 0. The Labute approximate surface area is 342 Å². The van der Waals surface area contributed by atoms with E-state index in [2.05, 4.69) is 229 Å². The van der Waals surface area contributed by atoms with Gasteiger partial charge in [-0.15, -0.1) is 0 Å². The van der Waals surface area contributed by atoms with Gasteiger partial charge in [-0.2, -0.15) is 0 Å². The summed E-state index contributed by atoms with van der Waals surface area (Å²) in [5, 5.41) is 7.22. The lowest BCUT2D eigenvalue weighted by Gasteiger charge is -2.34. The highest BCUT2D eigenvalue weighted by atomic mass is 16.3. The van der Waals surface area contributed by atoms with Gasteiger partial charge in [0.05, 0.1) is 11.1 Å². The Bertz CT molecular complexity index is 3340. The standard InChI is InChI=1S/C57H37NO/c1-4-17-41(18-5-1)57(42-19-6-2-7-20-42)50-26-13-12-24-48(50)56-51(57)27-15-28-52(56)58(43-21-8-3-9-22-43)44-33-35-53-49(37-44)55-47(25-14-29-54(55)59-53)40-32-34-46-39(36-40)31-30-38-16-10-11-23-45(38)46/h1-37H. The highest BCUT2D eigenvalue weighted by molar-refractivity contribution is 6.15. The fraction of sp³-hybridized carbons (Fsp3) is 0.0175. The van der Waals surface area contributed by atoms with Gasteiger partial charge in [-0.05, 0) is 109 Å². The van der Waals surface area contributed by atoms with Gasteiger partial charge in [-0.3, -0.25) is 0 Å². The van der Waals surface area contributed by atoms with E-state index in [0.29, 0.717) is 0 Å². The molecule has 0 radical (unpaired) electrons. The number of furan rings is 1. The van der Waals surface area contributed by atoms with Crippen molar-refractivity contribution in [1.82, 2.24) is 0 Å². The molecule has 0 fully saturated rings. The first-order valence-electron chi connectivity index (χ1n) is 20.3. The molecule has 2 nitrogen and oxygen atoms in total. The number of fused-ring (bicyclic) bond motifs is 9. The molecular formula is C57H37NO. The zero-order chi connectivity index (χ0) is 38.9. The second-order valence-corrected chi connectivity index (χ2v) is 15.6. The maximum absolute atomic E-state index is 6.63. The van der Waals surface area contributed by atoms with E-state index in [4.69, 9.17) is 4.42 Å². The Kier molecular flexibility index (Phi) is 7.48. The minimum absolute atomic E-state index is 0.501. The molecule has 0 saturated heterocycles. The average Bonchev–Trinajstić information content (AvgIpc) is 3.84. The van der Waals surface area contributed by atoms with Crippen molar-refractivity contribution in [3.05, 3.63) is 247 Å². The summed E-state index contributed by atoms with van der Waals surface area (Å²) in [5.74, 6) is 0. The van der Waals surface area contributed by atoms with Gasteiger partial charge in [0.15, 0.2) is 0 Å². The molecule has 0 atom stereocenters. The molecule has 1 aliphatic rings. The van der Waals surface area contributed by atoms with Crippen molar-refractivity contribution in [2.75, 3.05) is 4.90 Å². The molecular weight excluding hydrogens is 715 g/mol. The number of benzene rings is 10. The van der Waals surface area contributed by atoms with Crippen LogP contribution in [0.5, 0.6) is 0 Å². The highest BCUT2D eigenvalue weighted by Gasteiger charge is 2.47. The average molecular weight is 752 g/mol. The predicted octanol–water partition coefficient (Wildman–Crippen LogP) is 15.4. The van der Waals surface area contributed by atoms with Gasteiger partial charge in [0.25, 0.3) is 0 Å². The molecule has 0 bridgehead atoms. The summed E-state index contributed by atoms with van der Waals surface area (Å²) in [4.78, 5) is 2.43. The number of hydrogen-bond acceptors (Lipinski definition) is 2. The Hall–Kier alpha value is -7.68. The second kappa shape index (κ2) is 13.2. The summed E-state index contributed by atoms with van der Waals surface area (Å²) in [6, 6.07) is 81.7. The molecule has 0 aliphatic heterocycles. The predicted molar refractivity (Wildman–Crippen MR) is 246 cm³/mol. The van der Waals surface area contributed by atoms with Crippen LogP contribution >= 0.6 is 0 Å². The van der Waals surface area contributed by atoms with E-state index in [9.17, 15) is 0 Å². The molecule has 12 rings (SSSR count). The molecule has 0 unspecified atom stereocenters. The molecule has 0 saturated carbocycles. The van der Waals surface area contributed by atoms with E-state index in [-0.39, 0.29) is 0 Å². The molecule has 59 heavy (non-hydrogen) atoms. The van der Waals surface area contributed by atoms with Crippen LogP contribution in [-0.2, 0) is 5.41 Å². The van der Waals surface area contributed by atoms with Crippen LogP contribution in [0.25, 0.3) is 65.7 Å². The lowest BCUT2D eigenvalue weighted by atomic mass is 9.68. The molecule has 11 aromatic rings. The van der Waals surface area contributed by atoms with Crippen molar-refractivity contribution >= 4 is 60.5 Å². The summed E-state index contributed by atoms with van der Waals surface area (Å²) in [6.45, 7) is 0. The Balaban J connectivity index is 1.10. The summed E-state index contributed by atoms with van der Waals surface area (Å²) in [6.07, 6.45) is 0. The number of rotatable bonds is 6. The minimum Gasteiger partial charge on any atom is -0.456 e. The third kappa shape index (κ3) is 5.00. The molecule has 0 amide bonds. The maximum Gasteiger partial charge on any atom is 0.136 e. The molecule has 10 aromatic carbocycles. The quantitative estimate of drug-likeness (QED) is 0.157. The fourth-order valence-electron chi connectivity index (χ4n) is 10.0. The van der Waals surface area contributed by atoms with Crippen LogP contribution in [0, 0.1) is 0 Å². The van der Waals surface area contributed by atoms with Crippen molar-refractivity contribution in [3.8, 4) is 22.3 Å². The van der Waals surface area contributed by atoms with E-state index >= 15 is 0 Å². The minimum atomic E-state index is -0.501. The van der Waals surface area contributed by atoms with Gasteiger partial charge in [-0.25, -0.2) is 0 Å². The van der Waals surface area contributed by atoms with E-state index in [1.807, 2.05) is 0 Å². The molecule has 0 N–H and O–H groups in total. The Morgan fingerprint density at radius 3 is 1.83 bits per heavy atom. The lowest BCUT2D eigenvalue weighted by Crippen LogP contribution is -2.28. The van der Waals surface area contributed by atoms with E-state index < -0.39 is 5.41 Å². The summed E-state index contributed by atoms with van der Waals surface area (Å²) >= 11 is 0. The number of anilines is 3. The van der Waals surface area contributed by atoms with Gasteiger partial charge < -0.3 is 9.32 Å². The Morgan fingerprint density at radius 1 is 0.373 bits per heavy atom. The van der Waals surface area contributed by atoms with Crippen LogP contribution in [-0.4, -0.2) is 0 Å². The number of hydrogen-bond donors (Lipinski definition) is 0. The summed E-state index contributed by atoms with van der Waals surface area (Å²) < 4.78 is 6.63. The molecule has 1 aliphatic carbocycles. The van der Waals surface area contributed by atoms with Gasteiger partial charge in [0.2, 0.25) is 0 Å². The van der Waals surface area contributed by atoms with E-state index in [1.165, 1.54) is 60.5 Å². The topological polar surface area (TPSA) is 16.4 Å². The van der Waals surface area contributed by atoms with Gasteiger partial charge in [-0.1, -0.05) is 176 Å². The SMILES string of the molecule is c1ccc(N(c2ccc3oc4cccc(-c5ccc6c(ccc7ccccc76)c5)c4c3c2)c2cccc3c2-c2ccccc2C3(c2ccccc2)c2ccccc2)cc1. The van der Waals surface area contributed by atoms with Crippen LogP contribution in [0.2, 0.25) is 0 Å². The molecule has 0 spiro atoms. The molecule has 1 heterocycles. The fourth-order valence-corrected chi connectivity index (χ4v) is 10.0. The van der Waals surface area contributed by atoms with Crippen molar-refractivity contribution in [1.29, 1.82) is 0 Å². The summed E-state index contributed by atoms with van der Waals surface area (Å²) in [5.41, 5.74) is 14.4. The first-order chi connectivity index (χ1) is 29.3. The van der Waals surface area contributed by atoms with Gasteiger partial charge in [0.1, 0.15) is 11.2 Å². The zero-order valence-corrected chi connectivity index (χ0v) is 32.2. The van der Waals surface area contributed by atoms with Crippen LogP contribution in [0.15, 0.2) is 229 Å². The van der Waals surface area contributed by atoms with E-state index in [0.717, 1.165) is 44.6 Å². The lowest BCUT2D eigenvalue weighted by molar-refractivity contribution is 0.669. The van der Waals surface area contributed by atoms with Gasteiger partial charge in [0, 0.05) is 27.7 Å². The zero-order valence-electron chi connectivity index (χ0n) is 32.2. The van der Waals surface area contributed by atoms with E-state index in [1.54, 1.807) is 0 Å². The highest BCUT2D eigenvalue weighted by Crippen LogP contribution is 2.59. The van der Waals surface area contributed by atoms with Crippen LogP contribution < -0.4 is 4.90 Å². The Morgan fingerprint density at radius 2 is 1.02 bits per heavy atom. The largest absolute Gasteiger partial charge is 0.456 e. The second-order valence-electron chi connectivity index (χ2n) is 15.6. The normalized spacial score (nSPS) is 12.9. The first kappa shape index (κ1) is 33.5. The molecule has 1 aromatic heterocycles. The number of para-hydroxylation sites is 1. The monoisotopic (exact) mass is 751 g/mol. The van der Waals surface area contributed by atoms with Gasteiger partial charge >= 0.3 is 0 Å². The van der Waals surface area contributed by atoms with Crippen molar-refractivity contribution < 1.29 is 4.42 Å². The van der Waals surface area contributed by atoms with Crippen molar-refractivity contribution in [3.63, 3.8) is 0 Å². The third-order valence-corrected chi connectivity index (χ3v) is 12.5. The van der Waals surface area contributed by atoms with Crippen LogP contribution in [0.3, 0.4) is 0 Å². The van der Waals surface area contributed by atoms with Crippen LogP contribution in [0.1, 0.15) is 22.3 Å². The number of nitrogens with zero attached hydrogens (tertiary/aromatic N) is 1. The molecule has 2 heteroatoms.